The summed E-state index contributed by atoms with van der Waals surface area (Å²) in [6, 6.07) is 6.22. The van der Waals surface area contributed by atoms with Gasteiger partial charge in [0.25, 0.3) is 0 Å². The topological polar surface area (TPSA) is 51.0 Å². The van der Waals surface area contributed by atoms with Crippen LogP contribution in [0.5, 0.6) is 0 Å². The number of halogens is 1. The number of nitrogens with zero attached hydrogens (tertiary/aromatic N) is 2. The zero-order chi connectivity index (χ0) is 12.4. The van der Waals surface area contributed by atoms with Crippen LogP contribution < -0.4 is 5.32 Å². The lowest BCUT2D eigenvalue weighted by Crippen LogP contribution is -2.10. The van der Waals surface area contributed by atoms with Gasteiger partial charge in [0.05, 0.1) is 0 Å². The summed E-state index contributed by atoms with van der Waals surface area (Å²) in [5.41, 5.74) is 0.648. The van der Waals surface area contributed by atoms with Gasteiger partial charge in [-0.3, -0.25) is 0 Å². The van der Waals surface area contributed by atoms with Gasteiger partial charge in [-0.2, -0.15) is 4.98 Å². The minimum Gasteiger partial charge on any atom is -0.339 e. The van der Waals surface area contributed by atoms with E-state index in [0.29, 0.717) is 23.2 Å². The van der Waals surface area contributed by atoms with E-state index in [2.05, 4.69) is 15.5 Å². The Morgan fingerprint density at radius 1 is 1.44 bits per heavy atom. The van der Waals surface area contributed by atoms with Crippen molar-refractivity contribution >= 4 is 0 Å². The fourth-order valence-electron chi connectivity index (χ4n) is 2.22. The van der Waals surface area contributed by atoms with Crippen LogP contribution in [0.4, 0.5) is 4.39 Å². The molecule has 1 unspecified atom stereocenters. The first-order valence-corrected chi connectivity index (χ1v) is 6.10. The summed E-state index contributed by atoms with van der Waals surface area (Å²) in [6.07, 6.45) is 1.92. The summed E-state index contributed by atoms with van der Waals surface area (Å²) < 4.78 is 18.3. The Hall–Kier alpha value is -1.75. The van der Waals surface area contributed by atoms with Gasteiger partial charge in [0.1, 0.15) is 5.82 Å². The molecule has 0 bridgehead atoms. The van der Waals surface area contributed by atoms with Crippen LogP contribution in [0.2, 0.25) is 0 Å². The zero-order valence-electron chi connectivity index (χ0n) is 9.90. The Kier molecular flexibility index (Phi) is 3.06. The molecule has 0 radical (unpaired) electrons. The van der Waals surface area contributed by atoms with Gasteiger partial charge >= 0.3 is 0 Å². The third kappa shape index (κ3) is 2.41. The normalized spacial score (nSPS) is 19.3. The predicted octanol–water partition coefficient (Wildman–Crippen LogP) is 2.03. The fraction of sp³-hybridized carbons (Fsp3) is 0.385. The molecule has 0 spiro atoms. The van der Waals surface area contributed by atoms with Crippen LogP contribution in [0, 0.1) is 11.7 Å². The highest BCUT2D eigenvalue weighted by Gasteiger charge is 2.18. The number of hydrogen-bond donors (Lipinski definition) is 1. The molecule has 1 aliphatic rings. The number of nitrogens with one attached hydrogen (secondary N) is 1. The summed E-state index contributed by atoms with van der Waals surface area (Å²) in [6.45, 7) is 2.05. The monoisotopic (exact) mass is 247 g/mol. The van der Waals surface area contributed by atoms with Gasteiger partial charge in [-0.1, -0.05) is 17.3 Å². The second-order valence-corrected chi connectivity index (χ2v) is 4.59. The molecule has 1 fully saturated rings. The van der Waals surface area contributed by atoms with E-state index in [1.807, 2.05) is 0 Å². The molecular weight excluding hydrogens is 233 g/mol. The molecule has 5 heteroatoms. The van der Waals surface area contributed by atoms with Crippen molar-refractivity contribution < 1.29 is 8.91 Å². The molecule has 1 atom stereocenters. The van der Waals surface area contributed by atoms with Crippen LogP contribution in [-0.4, -0.2) is 23.2 Å². The van der Waals surface area contributed by atoms with E-state index in [0.717, 1.165) is 25.9 Å². The minimum absolute atomic E-state index is 0.293. The van der Waals surface area contributed by atoms with E-state index in [4.69, 9.17) is 4.52 Å². The van der Waals surface area contributed by atoms with Crippen LogP contribution in [0.3, 0.4) is 0 Å². The minimum atomic E-state index is -0.293. The molecule has 3 rings (SSSR count). The van der Waals surface area contributed by atoms with Gasteiger partial charge in [-0.25, -0.2) is 4.39 Å². The van der Waals surface area contributed by atoms with Crippen LogP contribution >= 0.6 is 0 Å². The summed E-state index contributed by atoms with van der Waals surface area (Å²) in [7, 11) is 0. The van der Waals surface area contributed by atoms with Crippen molar-refractivity contribution in [1.29, 1.82) is 0 Å². The zero-order valence-corrected chi connectivity index (χ0v) is 9.90. The highest BCUT2D eigenvalue weighted by atomic mass is 19.1. The second kappa shape index (κ2) is 4.86. The molecule has 0 amide bonds. The molecule has 0 aliphatic carbocycles. The summed E-state index contributed by atoms with van der Waals surface area (Å²) in [4.78, 5) is 4.31. The van der Waals surface area contributed by atoms with E-state index in [9.17, 15) is 4.39 Å². The molecule has 18 heavy (non-hydrogen) atoms. The van der Waals surface area contributed by atoms with E-state index >= 15 is 0 Å². The fourth-order valence-corrected chi connectivity index (χ4v) is 2.22. The molecular formula is C13H14FN3O. The van der Waals surface area contributed by atoms with Gasteiger partial charge in [0, 0.05) is 12.0 Å². The molecule has 4 nitrogen and oxygen atoms in total. The van der Waals surface area contributed by atoms with Gasteiger partial charge in [0.15, 0.2) is 0 Å². The number of benzene rings is 1. The van der Waals surface area contributed by atoms with Crippen molar-refractivity contribution in [1.82, 2.24) is 15.5 Å². The lowest BCUT2D eigenvalue weighted by molar-refractivity contribution is 0.358. The molecule has 2 heterocycles. The first kappa shape index (κ1) is 11.3. The molecule has 94 valence electrons. The molecule has 1 aromatic heterocycles. The number of hydrogen-bond acceptors (Lipinski definition) is 4. The first-order valence-electron chi connectivity index (χ1n) is 6.10. The van der Waals surface area contributed by atoms with E-state index < -0.39 is 0 Å². The van der Waals surface area contributed by atoms with Crippen molar-refractivity contribution in [2.75, 3.05) is 13.1 Å². The maximum Gasteiger partial charge on any atom is 0.227 e. The average molecular weight is 247 g/mol. The quantitative estimate of drug-likeness (QED) is 0.901. The van der Waals surface area contributed by atoms with Gasteiger partial charge in [0.2, 0.25) is 11.7 Å². The third-order valence-electron chi connectivity index (χ3n) is 3.18. The molecule has 1 aliphatic heterocycles. The Balaban J connectivity index is 1.76. The van der Waals surface area contributed by atoms with Crippen molar-refractivity contribution in [3.8, 4) is 11.4 Å². The van der Waals surface area contributed by atoms with Crippen LogP contribution in [0.1, 0.15) is 12.3 Å². The van der Waals surface area contributed by atoms with E-state index in [1.165, 1.54) is 12.1 Å². The van der Waals surface area contributed by atoms with Crippen LogP contribution in [-0.2, 0) is 6.42 Å². The highest BCUT2D eigenvalue weighted by molar-refractivity contribution is 5.53. The second-order valence-electron chi connectivity index (χ2n) is 4.59. The lowest BCUT2D eigenvalue weighted by Gasteiger charge is -2.01. The Morgan fingerprint density at radius 3 is 3.17 bits per heavy atom. The number of rotatable bonds is 3. The largest absolute Gasteiger partial charge is 0.339 e. The van der Waals surface area contributed by atoms with E-state index in [-0.39, 0.29) is 5.82 Å². The smallest absolute Gasteiger partial charge is 0.227 e. The average Bonchev–Trinajstić information content (AvgIpc) is 3.01. The van der Waals surface area contributed by atoms with Gasteiger partial charge in [-0.05, 0) is 37.6 Å². The SMILES string of the molecule is Fc1cccc(-c2noc(CC3CCNC3)n2)c1. The lowest BCUT2D eigenvalue weighted by atomic mass is 10.1. The van der Waals surface area contributed by atoms with Crippen molar-refractivity contribution in [2.45, 2.75) is 12.8 Å². The standard InChI is InChI=1S/C13H14FN3O/c14-11-3-1-2-10(7-11)13-16-12(18-17-13)6-9-4-5-15-8-9/h1-3,7,9,15H,4-6,8H2. The van der Waals surface area contributed by atoms with Crippen molar-refractivity contribution in [3.63, 3.8) is 0 Å². The third-order valence-corrected chi connectivity index (χ3v) is 3.18. The molecule has 2 aromatic rings. The molecule has 0 saturated carbocycles. The van der Waals surface area contributed by atoms with Gasteiger partial charge in [-0.15, -0.1) is 0 Å². The summed E-state index contributed by atoms with van der Waals surface area (Å²) in [5, 5.41) is 7.20. The van der Waals surface area contributed by atoms with Crippen LogP contribution in [0.25, 0.3) is 11.4 Å². The Bertz CT molecular complexity index is 535. The Morgan fingerprint density at radius 2 is 2.39 bits per heavy atom. The van der Waals surface area contributed by atoms with Crippen molar-refractivity contribution in [3.05, 3.63) is 36.0 Å². The molecule has 1 N–H and O–H groups in total. The molecule has 1 saturated heterocycles. The van der Waals surface area contributed by atoms with Gasteiger partial charge < -0.3 is 9.84 Å². The maximum absolute atomic E-state index is 13.1. The van der Waals surface area contributed by atoms with Crippen molar-refractivity contribution in [2.24, 2.45) is 5.92 Å². The van der Waals surface area contributed by atoms with Crippen LogP contribution in [0.15, 0.2) is 28.8 Å². The van der Waals surface area contributed by atoms with E-state index in [1.54, 1.807) is 12.1 Å². The first-order chi connectivity index (χ1) is 8.81. The maximum atomic E-state index is 13.1. The predicted molar refractivity (Wildman–Crippen MR) is 64.4 cm³/mol. The summed E-state index contributed by atoms with van der Waals surface area (Å²) in [5.74, 6) is 1.35. The molecule has 1 aromatic carbocycles. The highest BCUT2D eigenvalue weighted by Crippen LogP contribution is 2.19. The Labute approximate surface area is 104 Å². The number of aromatic nitrogens is 2. The summed E-state index contributed by atoms with van der Waals surface area (Å²) >= 11 is 0.